The smallest absolute Gasteiger partial charge is 0.409 e. The number of halogens is 4. The number of methoxy groups -OCH3 is 2. The Morgan fingerprint density at radius 1 is 0.529 bits per heavy atom. The maximum Gasteiger partial charge on any atom is 0.409 e. The Morgan fingerprint density at radius 2 is 0.962 bits per heavy atom. The molecule has 0 aliphatic carbocycles. The van der Waals surface area contributed by atoms with Crippen molar-refractivity contribution < 1.29 is 80.5 Å². The van der Waals surface area contributed by atoms with Gasteiger partial charge in [-0.2, -0.15) is 0 Å². The van der Waals surface area contributed by atoms with Gasteiger partial charge in [0.15, 0.2) is 23.0 Å². The number of rotatable bonds is 36. The van der Waals surface area contributed by atoms with Crippen LogP contribution in [-0.2, 0) is 38.1 Å². The lowest BCUT2D eigenvalue weighted by atomic mass is 9.98. The summed E-state index contributed by atoms with van der Waals surface area (Å²) in [5.74, 6) is 0.945. The van der Waals surface area contributed by atoms with E-state index in [1.54, 1.807) is 62.1 Å². The van der Waals surface area contributed by atoms with E-state index in [9.17, 15) is 37.9 Å². The van der Waals surface area contributed by atoms with Gasteiger partial charge in [0.1, 0.15) is 24.8 Å². The number of hydrogen-bond acceptors (Lipinski definition) is 22. The molecule has 3 fully saturated rings. The zero-order valence-corrected chi connectivity index (χ0v) is 62.9. The first-order valence-electron chi connectivity index (χ1n) is 35.7. The van der Waals surface area contributed by atoms with E-state index in [0.717, 1.165) is 21.5 Å². The normalized spacial score (nSPS) is 15.6. The van der Waals surface area contributed by atoms with Crippen LogP contribution in [0.3, 0.4) is 0 Å². The number of fused-ring (bicyclic) bond motifs is 2. The molecule has 1 unspecified atom stereocenters. The highest BCUT2D eigenvalue weighted by Crippen LogP contribution is 2.40. The number of aliphatic hydroxyl groups is 1. The summed E-state index contributed by atoms with van der Waals surface area (Å²) in [6.45, 7) is 12.3. The second-order valence-corrected chi connectivity index (χ2v) is 27.6. The highest BCUT2D eigenvalue weighted by molar-refractivity contribution is 9.10. The third-order valence-corrected chi connectivity index (χ3v) is 19.5. The van der Waals surface area contributed by atoms with Crippen molar-refractivity contribution in [2.24, 2.45) is 11.8 Å². The second kappa shape index (κ2) is 41.7. The maximum atomic E-state index is 14.8. The molecule has 5 N–H and O–H groups in total. The van der Waals surface area contributed by atoms with Gasteiger partial charge in [0, 0.05) is 123 Å². The Labute approximate surface area is 623 Å². The molecule has 0 saturated carbocycles. The van der Waals surface area contributed by atoms with Crippen LogP contribution in [0.15, 0.2) is 106 Å². The van der Waals surface area contributed by atoms with Crippen molar-refractivity contribution in [1.29, 1.82) is 0 Å². The van der Waals surface area contributed by atoms with Crippen molar-refractivity contribution >= 4 is 106 Å². The van der Waals surface area contributed by atoms with Crippen molar-refractivity contribution in [1.82, 2.24) is 40.0 Å². The summed E-state index contributed by atoms with van der Waals surface area (Å²) in [5.41, 5.74) is 2.10. The number of anilines is 4. The van der Waals surface area contributed by atoms with Crippen molar-refractivity contribution in [2.75, 3.05) is 189 Å². The number of esters is 2. The number of nitrogens with one attached hydrogen (secondary N) is 4. The molecule has 0 bridgehead atoms. The molecule has 6 aromatic rings. The summed E-state index contributed by atoms with van der Waals surface area (Å²) in [7, 11) is 3.16. The van der Waals surface area contributed by atoms with Crippen LogP contribution >= 0.6 is 31.9 Å². The maximum absolute atomic E-state index is 14.8. The Kier molecular flexibility index (Phi) is 32.2. The molecular weight excluding hydrogens is 1480 g/mol. The van der Waals surface area contributed by atoms with Gasteiger partial charge >= 0.3 is 24.1 Å². The number of amides is 3. The summed E-state index contributed by atoms with van der Waals surface area (Å²) < 4.78 is 83.0. The lowest BCUT2D eigenvalue weighted by Gasteiger charge is -2.32. The van der Waals surface area contributed by atoms with Crippen LogP contribution in [-0.4, -0.2) is 249 Å². The summed E-state index contributed by atoms with van der Waals surface area (Å²) in [6.07, 6.45) is 1.82. The van der Waals surface area contributed by atoms with Crippen LogP contribution < -0.4 is 40.2 Å². The number of piperidine rings is 2. The van der Waals surface area contributed by atoms with Crippen molar-refractivity contribution in [2.45, 2.75) is 58.8 Å². The fourth-order valence-corrected chi connectivity index (χ4v) is 13.2. The number of unbranched alkanes of at least 4 members (excludes halogenated alkanes) is 1. The topological polar surface area (TPSA) is 256 Å². The lowest BCUT2D eigenvalue weighted by molar-refractivity contribution is -0.146. The Hall–Kier alpha value is -7.87. The number of hydrogen-bond donors (Lipinski definition) is 5. The van der Waals surface area contributed by atoms with E-state index in [-0.39, 0.29) is 107 Å². The molecule has 3 saturated heterocycles. The van der Waals surface area contributed by atoms with Crippen molar-refractivity contribution in [3.05, 3.63) is 118 Å². The van der Waals surface area contributed by atoms with Gasteiger partial charge < -0.3 is 73.5 Å². The number of ether oxygens (including phenoxy) is 9. The van der Waals surface area contributed by atoms with Gasteiger partial charge in [-0.1, -0.05) is 56.1 Å². The summed E-state index contributed by atoms with van der Waals surface area (Å²) in [5, 5.41) is 26.6. The fourth-order valence-electron chi connectivity index (χ4n) is 12.6. The standard InChI is InChI=1S/C75H98Br2F2N10O15/c1-5-98-71(91)48-86-31-29-85(30-32-87(34-33-86)49-72(92)99-6-2)47-70(90)80-23-7-8-24-81-73(93)100-38-35-84(36-39-101-74(94)88-25-19-52(20-26-88)50-103-68-41-54-11-9-13-62(58(54)45-66(68)96-3)82-64-17-15-56(76)43-60(64)78)37-40-102-75(95)89-27-21-53(22-28-89)51-104-69-42-55-12-10-14-63(59(55)46-67(69)97-4)83-65-18-16-57(77)44-61(65)79/h9-18,41-46,52-53,73,81-83,93H,5-8,19-40,47-51H2,1-4H3,(H,80,90). The molecule has 3 aliphatic rings. The molecule has 0 radical (unpaired) electrons. The van der Waals surface area contributed by atoms with Gasteiger partial charge in [-0.25, -0.2) is 18.4 Å². The molecular formula is C75H98Br2F2N10O15. The van der Waals surface area contributed by atoms with Crippen LogP contribution in [0.2, 0.25) is 0 Å². The largest absolute Gasteiger partial charge is 0.493 e. The van der Waals surface area contributed by atoms with E-state index in [1.165, 1.54) is 12.1 Å². The Balaban J connectivity index is 0.713. The second-order valence-electron chi connectivity index (χ2n) is 25.8. The highest BCUT2D eigenvalue weighted by atomic mass is 79.9. The minimum absolute atomic E-state index is 0.0422. The molecule has 9 rings (SSSR count). The van der Waals surface area contributed by atoms with Gasteiger partial charge in [0.2, 0.25) is 12.3 Å². The van der Waals surface area contributed by atoms with Crippen LogP contribution in [0.25, 0.3) is 21.5 Å². The zero-order chi connectivity index (χ0) is 73.7. The van der Waals surface area contributed by atoms with E-state index in [0.29, 0.717) is 192 Å². The third kappa shape index (κ3) is 25.2. The minimum Gasteiger partial charge on any atom is -0.493 e. The lowest BCUT2D eigenvalue weighted by Crippen LogP contribution is -2.43. The minimum atomic E-state index is -1.30. The van der Waals surface area contributed by atoms with Gasteiger partial charge in [-0.3, -0.25) is 39.3 Å². The molecule has 0 spiro atoms. The number of benzene rings is 6. The van der Waals surface area contributed by atoms with Crippen LogP contribution in [0.1, 0.15) is 52.4 Å². The number of carbonyl (C=O) groups is 5. The summed E-state index contributed by atoms with van der Waals surface area (Å²) >= 11 is 6.63. The van der Waals surface area contributed by atoms with E-state index >= 15 is 0 Å². The van der Waals surface area contributed by atoms with E-state index < -0.39 is 18.6 Å². The third-order valence-electron chi connectivity index (χ3n) is 18.5. The van der Waals surface area contributed by atoms with E-state index in [4.69, 9.17) is 42.6 Å². The number of likely N-dealkylation sites (tertiary alicyclic amines) is 2. The number of nitrogens with zero attached hydrogens (tertiary/aromatic N) is 6. The number of carbonyl (C=O) groups excluding carboxylic acids is 5. The monoisotopic (exact) mass is 1570 g/mol. The molecule has 0 aromatic heterocycles. The van der Waals surface area contributed by atoms with Crippen LogP contribution in [0, 0.1) is 23.5 Å². The summed E-state index contributed by atoms with van der Waals surface area (Å²) in [4.78, 5) is 76.3. The molecule has 566 valence electrons. The first-order valence-corrected chi connectivity index (χ1v) is 37.3. The average Bonchev–Trinajstić information content (AvgIpc) is 0.815. The van der Waals surface area contributed by atoms with Gasteiger partial charge in [-0.15, -0.1) is 0 Å². The van der Waals surface area contributed by atoms with Crippen LogP contribution in [0.4, 0.5) is 41.1 Å². The molecule has 29 heteroatoms. The highest BCUT2D eigenvalue weighted by Gasteiger charge is 2.29. The molecule has 104 heavy (non-hydrogen) atoms. The SMILES string of the molecule is CCOC(=O)CN1CCN(CC(=O)NCCCCNC(O)OCCN(CCOC(=O)N2CCC(COc3cc4cccc(Nc5ccc(Br)cc5F)c4cc3OC)CC2)CCOC(=O)N2CCC(COc3cc4cccc(Nc5ccc(Br)cc5F)c4cc3OC)CC2)CCN(CC(=O)OCC)CC1. The summed E-state index contributed by atoms with van der Waals surface area (Å²) in [6, 6.07) is 28.7. The molecule has 3 aliphatic heterocycles. The fraction of sp³-hybridized carbons (Fsp3) is 0.507. The predicted molar refractivity (Wildman–Crippen MR) is 399 cm³/mol. The zero-order valence-electron chi connectivity index (χ0n) is 59.7. The average molecular weight is 1580 g/mol. The first kappa shape index (κ1) is 80.2. The van der Waals surface area contributed by atoms with E-state index in [1.807, 2.05) is 80.3 Å². The van der Waals surface area contributed by atoms with Gasteiger partial charge in [-0.05, 0) is 154 Å². The van der Waals surface area contributed by atoms with Gasteiger partial charge in [0.05, 0.1) is 78.3 Å². The van der Waals surface area contributed by atoms with E-state index in [2.05, 4.69) is 53.1 Å². The Bertz CT molecular complexity index is 3560. The van der Waals surface area contributed by atoms with Gasteiger partial charge in [0.25, 0.3) is 0 Å². The first-order chi connectivity index (χ1) is 50.4. The molecule has 6 aromatic carbocycles. The van der Waals surface area contributed by atoms with Crippen LogP contribution in [0.5, 0.6) is 23.0 Å². The molecule has 25 nitrogen and oxygen atoms in total. The molecule has 3 amide bonds. The predicted octanol–water partition coefficient (Wildman–Crippen LogP) is 10.6. The van der Waals surface area contributed by atoms with Crippen molar-refractivity contribution in [3.8, 4) is 23.0 Å². The Morgan fingerprint density at radius 3 is 1.39 bits per heavy atom. The van der Waals surface area contributed by atoms with Crippen molar-refractivity contribution in [3.63, 3.8) is 0 Å². The molecule has 3 heterocycles. The number of aliphatic hydroxyl groups excluding tert-OH is 1. The molecule has 1 atom stereocenters. The quantitative estimate of drug-likeness (QED) is 0.0106.